The van der Waals surface area contributed by atoms with Gasteiger partial charge < -0.3 is 15.3 Å². The Hall–Kier alpha value is -2.67. The number of carboxylic acids is 1. The van der Waals surface area contributed by atoms with Gasteiger partial charge in [-0.2, -0.15) is 0 Å². The number of thiophene rings is 1. The van der Waals surface area contributed by atoms with Crippen LogP contribution in [0.25, 0.3) is 0 Å². The number of amides is 2. The topological polar surface area (TPSA) is 86.7 Å². The fourth-order valence-corrected chi connectivity index (χ4v) is 3.62. The third-order valence-corrected chi connectivity index (χ3v) is 5.07. The van der Waals surface area contributed by atoms with Crippen molar-refractivity contribution in [3.63, 3.8) is 0 Å². The molecule has 3 rings (SSSR count). The van der Waals surface area contributed by atoms with Gasteiger partial charge >= 0.3 is 5.97 Å². The lowest BCUT2D eigenvalue weighted by molar-refractivity contribution is -0.137. The largest absolute Gasteiger partial charge is 0.481 e. The van der Waals surface area contributed by atoms with Crippen molar-refractivity contribution in [2.24, 2.45) is 0 Å². The first kappa shape index (κ1) is 17.2. The van der Waals surface area contributed by atoms with Gasteiger partial charge in [0.25, 0.3) is 5.91 Å². The fraction of sp³-hybridized carbons (Fsp3) is 0.278. The maximum absolute atomic E-state index is 12.4. The zero-order chi connectivity index (χ0) is 17.8. The Labute approximate surface area is 149 Å². The predicted octanol–water partition coefficient (Wildman–Crippen LogP) is 2.82. The average molecular weight is 358 g/mol. The van der Waals surface area contributed by atoms with Gasteiger partial charge in [-0.1, -0.05) is 6.07 Å². The molecule has 1 unspecified atom stereocenters. The molecule has 2 N–H and O–H groups in total. The van der Waals surface area contributed by atoms with Crippen molar-refractivity contribution in [3.05, 3.63) is 52.2 Å². The van der Waals surface area contributed by atoms with E-state index >= 15 is 0 Å². The van der Waals surface area contributed by atoms with Gasteiger partial charge in [0.15, 0.2) is 0 Å². The molecule has 1 aromatic carbocycles. The van der Waals surface area contributed by atoms with Gasteiger partial charge in [0.05, 0.1) is 12.5 Å². The number of hydrogen-bond donors (Lipinski definition) is 2. The molecule has 0 saturated carbocycles. The summed E-state index contributed by atoms with van der Waals surface area (Å²) in [5.74, 6) is -1.21. The van der Waals surface area contributed by atoms with Gasteiger partial charge in [0.1, 0.15) is 0 Å². The van der Waals surface area contributed by atoms with E-state index < -0.39 is 12.0 Å². The van der Waals surface area contributed by atoms with Crippen LogP contribution in [-0.4, -0.2) is 29.4 Å². The molecule has 1 saturated heterocycles. The molecule has 0 radical (unpaired) electrons. The lowest BCUT2D eigenvalue weighted by Crippen LogP contribution is -2.29. The van der Waals surface area contributed by atoms with Crippen LogP contribution in [0.3, 0.4) is 0 Å². The molecule has 2 amide bonds. The predicted molar refractivity (Wildman–Crippen MR) is 94.8 cm³/mol. The average Bonchev–Trinajstić information content (AvgIpc) is 3.25. The highest BCUT2D eigenvalue weighted by molar-refractivity contribution is 7.10. The maximum atomic E-state index is 12.4. The number of aliphatic carboxylic acids is 1. The summed E-state index contributed by atoms with van der Waals surface area (Å²) in [6.45, 7) is 0.698. The van der Waals surface area contributed by atoms with E-state index in [0.717, 1.165) is 17.0 Å². The molecule has 130 valence electrons. The molecule has 1 aliphatic heterocycles. The van der Waals surface area contributed by atoms with Crippen molar-refractivity contribution >= 4 is 34.8 Å². The SMILES string of the molecule is O=C(O)CC(NC(=O)c1ccc(N2CCCC2=O)cc1)c1cccs1. The van der Waals surface area contributed by atoms with Crippen LogP contribution in [0.4, 0.5) is 5.69 Å². The first-order valence-corrected chi connectivity index (χ1v) is 8.89. The van der Waals surface area contributed by atoms with E-state index in [1.807, 2.05) is 11.4 Å². The number of carboxylic acid groups (broad SMARTS) is 1. The monoisotopic (exact) mass is 358 g/mol. The van der Waals surface area contributed by atoms with Gasteiger partial charge in [-0.3, -0.25) is 14.4 Å². The first-order chi connectivity index (χ1) is 12.0. The van der Waals surface area contributed by atoms with Gasteiger partial charge in [-0.25, -0.2) is 0 Å². The Balaban J connectivity index is 1.71. The molecule has 0 bridgehead atoms. The number of carbonyl (C=O) groups is 3. The Bertz CT molecular complexity index is 771. The second-order valence-electron chi connectivity index (χ2n) is 5.84. The molecule has 25 heavy (non-hydrogen) atoms. The van der Waals surface area contributed by atoms with Crippen molar-refractivity contribution in [2.75, 3.05) is 11.4 Å². The molecule has 6 nitrogen and oxygen atoms in total. The number of nitrogens with zero attached hydrogens (tertiary/aromatic N) is 1. The quantitative estimate of drug-likeness (QED) is 0.831. The summed E-state index contributed by atoms with van der Waals surface area (Å²) in [7, 11) is 0. The number of anilines is 1. The minimum Gasteiger partial charge on any atom is -0.481 e. The van der Waals surface area contributed by atoms with Gasteiger partial charge in [0, 0.05) is 29.1 Å². The van der Waals surface area contributed by atoms with Crippen molar-refractivity contribution in [1.82, 2.24) is 5.32 Å². The zero-order valence-electron chi connectivity index (χ0n) is 13.5. The van der Waals surface area contributed by atoms with Crippen LogP contribution in [0, 0.1) is 0 Å². The molecule has 2 heterocycles. The zero-order valence-corrected chi connectivity index (χ0v) is 14.3. The number of nitrogens with one attached hydrogen (secondary N) is 1. The first-order valence-electron chi connectivity index (χ1n) is 8.01. The minimum atomic E-state index is -0.971. The lowest BCUT2D eigenvalue weighted by Gasteiger charge is -2.17. The molecule has 1 aliphatic rings. The molecule has 1 atom stereocenters. The maximum Gasteiger partial charge on any atom is 0.305 e. The van der Waals surface area contributed by atoms with Crippen molar-refractivity contribution in [1.29, 1.82) is 0 Å². The molecule has 0 spiro atoms. The molecule has 2 aromatic rings. The normalized spacial score (nSPS) is 15.2. The molecule has 1 aromatic heterocycles. The van der Waals surface area contributed by atoms with Crippen LogP contribution < -0.4 is 10.2 Å². The summed E-state index contributed by atoms with van der Waals surface area (Å²) in [5, 5.41) is 13.7. The third-order valence-electron chi connectivity index (χ3n) is 4.09. The summed E-state index contributed by atoms with van der Waals surface area (Å²) in [6.07, 6.45) is 1.23. The number of carbonyl (C=O) groups excluding carboxylic acids is 2. The standard InChI is InChI=1S/C18H18N2O4S/c21-16-4-1-9-20(16)13-7-5-12(6-8-13)18(24)19-14(11-17(22)23)15-3-2-10-25-15/h2-3,5-8,10,14H,1,4,9,11H2,(H,19,24)(H,22,23). The second-order valence-corrected chi connectivity index (χ2v) is 6.81. The Morgan fingerprint density at radius 2 is 2.00 bits per heavy atom. The second kappa shape index (κ2) is 7.48. The molecule has 0 aliphatic carbocycles. The number of benzene rings is 1. The summed E-state index contributed by atoms with van der Waals surface area (Å²) in [6, 6.07) is 9.87. The van der Waals surface area contributed by atoms with Gasteiger partial charge in [-0.15, -0.1) is 11.3 Å². The highest BCUT2D eigenvalue weighted by atomic mass is 32.1. The summed E-state index contributed by atoms with van der Waals surface area (Å²) in [5.41, 5.74) is 1.21. The van der Waals surface area contributed by atoms with Gasteiger partial charge in [0.2, 0.25) is 5.91 Å². The lowest BCUT2D eigenvalue weighted by atomic mass is 10.1. The van der Waals surface area contributed by atoms with E-state index in [0.29, 0.717) is 18.5 Å². The van der Waals surface area contributed by atoms with E-state index in [4.69, 9.17) is 5.11 Å². The molecule has 7 heteroatoms. The van der Waals surface area contributed by atoms with Crippen LogP contribution in [0.1, 0.15) is 40.5 Å². The highest BCUT2D eigenvalue weighted by Crippen LogP contribution is 2.24. The Morgan fingerprint density at radius 3 is 2.56 bits per heavy atom. The van der Waals surface area contributed by atoms with Crippen molar-refractivity contribution in [2.45, 2.75) is 25.3 Å². The fourth-order valence-electron chi connectivity index (χ4n) is 2.84. The number of hydrogen-bond acceptors (Lipinski definition) is 4. The smallest absolute Gasteiger partial charge is 0.305 e. The van der Waals surface area contributed by atoms with Crippen LogP contribution in [0.2, 0.25) is 0 Å². The van der Waals surface area contributed by atoms with Crippen LogP contribution in [0.5, 0.6) is 0 Å². The Kier molecular flexibility index (Phi) is 5.14. The summed E-state index contributed by atoms with van der Waals surface area (Å²) in [4.78, 5) is 37.8. The number of rotatable bonds is 6. The van der Waals surface area contributed by atoms with E-state index in [1.165, 1.54) is 11.3 Å². The molecule has 1 fully saturated rings. The van der Waals surface area contributed by atoms with Crippen LogP contribution >= 0.6 is 11.3 Å². The van der Waals surface area contributed by atoms with E-state index in [9.17, 15) is 14.4 Å². The van der Waals surface area contributed by atoms with E-state index in [1.54, 1.807) is 35.2 Å². The Morgan fingerprint density at radius 1 is 1.24 bits per heavy atom. The van der Waals surface area contributed by atoms with E-state index in [2.05, 4.69) is 5.32 Å². The summed E-state index contributed by atoms with van der Waals surface area (Å²) < 4.78 is 0. The van der Waals surface area contributed by atoms with Crippen LogP contribution in [-0.2, 0) is 9.59 Å². The van der Waals surface area contributed by atoms with Crippen molar-refractivity contribution < 1.29 is 19.5 Å². The summed E-state index contributed by atoms with van der Waals surface area (Å²) >= 11 is 1.41. The molecular formula is C18H18N2O4S. The third kappa shape index (κ3) is 4.06. The molecular weight excluding hydrogens is 340 g/mol. The van der Waals surface area contributed by atoms with Gasteiger partial charge in [-0.05, 0) is 42.1 Å². The highest BCUT2D eigenvalue weighted by Gasteiger charge is 2.23. The van der Waals surface area contributed by atoms with Crippen LogP contribution in [0.15, 0.2) is 41.8 Å². The van der Waals surface area contributed by atoms with E-state index in [-0.39, 0.29) is 18.2 Å². The van der Waals surface area contributed by atoms with Crippen molar-refractivity contribution in [3.8, 4) is 0 Å². The minimum absolute atomic E-state index is 0.0939.